The van der Waals surface area contributed by atoms with E-state index in [0.29, 0.717) is 13.1 Å². The van der Waals surface area contributed by atoms with Gasteiger partial charge in [-0.2, -0.15) is 8.78 Å². The SMILES string of the molecule is CNCCN(C)C(=O)c1sc(C)cc1OC(F)F. The summed E-state index contributed by atoms with van der Waals surface area (Å²) in [5, 5.41) is 2.92. The van der Waals surface area contributed by atoms with Crippen LogP contribution in [-0.2, 0) is 0 Å². The maximum absolute atomic E-state index is 12.2. The van der Waals surface area contributed by atoms with Gasteiger partial charge in [-0.3, -0.25) is 4.79 Å². The summed E-state index contributed by atoms with van der Waals surface area (Å²) < 4.78 is 28.8. The first kappa shape index (κ1) is 14.8. The van der Waals surface area contributed by atoms with Gasteiger partial charge in [0.05, 0.1) is 0 Å². The van der Waals surface area contributed by atoms with Gasteiger partial charge >= 0.3 is 6.61 Å². The van der Waals surface area contributed by atoms with Crippen molar-refractivity contribution < 1.29 is 18.3 Å². The summed E-state index contributed by atoms with van der Waals surface area (Å²) >= 11 is 1.16. The van der Waals surface area contributed by atoms with Crippen molar-refractivity contribution in [3.63, 3.8) is 0 Å². The number of thiophene rings is 1. The Morgan fingerprint density at radius 2 is 2.28 bits per heavy atom. The van der Waals surface area contributed by atoms with E-state index in [9.17, 15) is 13.6 Å². The molecule has 0 aromatic carbocycles. The van der Waals surface area contributed by atoms with Gasteiger partial charge in [0.2, 0.25) is 0 Å². The number of aryl methyl sites for hydroxylation is 1. The molecule has 1 aromatic heterocycles. The van der Waals surface area contributed by atoms with E-state index in [4.69, 9.17) is 0 Å². The summed E-state index contributed by atoms with van der Waals surface area (Å²) in [7, 11) is 3.40. The second-order valence-electron chi connectivity index (χ2n) is 3.76. The summed E-state index contributed by atoms with van der Waals surface area (Å²) in [6.07, 6.45) is 0. The highest BCUT2D eigenvalue weighted by atomic mass is 32.1. The molecule has 1 heterocycles. The number of nitrogens with zero attached hydrogens (tertiary/aromatic N) is 1. The van der Waals surface area contributed by atoms with Gasteiger partial charge in [-0.25, -0.2) is 0 Å². The summed E-state index contributed by atoms with van der Waals surface area (Å²) in [5.74, 6) is -0.354. The minimum absolute atomic E-state index is 0.0474. The number of rotatable bonds is 6. The van der Waals surface area contributed by atoms with Gasteiger partial charge in [0, 0.05) is 25.0 Å². The standard InChI is InChI=1S/C11H16F2N2O2S/c1-7-6-8(17-11(12)13)9(18-7)10(16)15(3)5-4-14-2/h6,11,14H,4-5H2,1-3H3. The van der Waals surface area contributed by atoms with Crippen LogP contribution in [0.5, 0.6) is 5.75 Å². The Hall–Kier alpha value is -1.21. The third-order valence-corrected chi connectivity index (χ3v) is 3.30. The molecule has 1 rings (SSSR count). The molecule has 0 unspecified atom stereocenters. The van der Waals surface area contributed by atoms with Gasteiger partial charge in [-0.15, -0.1) is 11.3 Å². The van der Waals surface area contributed by atoms with Crippen LogP contribution in [0.4, 0.5) is 8.78 Å². The molecule has 0 saturated carbocycles. The number of carbonyl (C=O) groups excluding carboxylic acids is 1. The van der Waals surface area contributed by atoms with E-state index < -0.39 is 6.61 Å². The molecule has 4 nitrogen and oxygen atoms in total. The Kier molecular flexibility index (Phi) is 5.49. The van der Waals surface area contributed by atoms with E-state index in [2.05, 4.69) is 10.1 Å². The third-order valence-electron chi connectivity index (χ3n) is 2.28. The van der Waals surface area contributed by atoms with E-state index >= 15 is 0 Å². The number of carbonyl (C=O) groups is 1. The predicted octanol–water partition coefficient (Wildman–Crippen LogP) is 1.95. The molecular formula is C11H16F2N2O2S. The maximum Gasteiger partial charge on any atom is 0.387 e. The summed E-state index contributed by atoms with van der Waals surface area (Å²) in [6, 6.07) is 1.45. The summed E-state index contributed by atoms with van der Waals surface area (Å²) in [6.45, 7) is -0.0426. The molecule has 0 radical (unpaired) electrons. The Morgan fingerprint density at radius 1 is 1.61 bits per heavy atom. The largest absolute Gasteiger partial charge is 0.433 e. The van der Waals surface area contributed by atoms with Crippen LogP contribution < -0.4 is 10.1 Å². The van der Waals surface area contributed by atoms with Crippen molar-refractivity contribution in [2.75, 3.05) is 27.2 Å². The van der Waals surface area contributed by atoms with E-state index in [1.165, 1.54) is 11.0 Å². The molecule has 0 aliphatic carbocycles. The average Bonchev–Trinajstić information content (AvgIpc) is 2.65. The Balaban J connectivity index is 2.83. The lowest BCUT2D eigenvalue weighted by molar-refractivity contribution is -0.0499. The molecular weight excluding hydrogens is 262 g/mol. The van der Waals surface area contributed by atoms with Crippen LogP contribution in [-0.4, -0.2) is 44.6 Å². The Labute approximate surface area is 109 Å². The smallest absolute Gasteiger partial charge is 0.387 e. The molecule has 0 bridgehead atoms. The van der Waals surface area contributed by atoms with Crippen LogP contribution in [0, 0.1) is 6.92 Å². The highest BCUT2D eigenvalue weighted by Gasteiger charge is 2.21. The molecule has 0 aliphatic rings. The van der Waals surface area contributed by atoms with E-state index in [-0.39, 0.29) is 16.5 Å². The van der Waals surface area contributed by atoms with Gasteiger partial charge in [-0.1, -0.05) is 0 Å². The monoisotopic (exact) mass is 278 g/mol. The Morgan fingerprint density at radius 3 is 2.83 bits per heavy atom. The van der Waals surface area contributed by atoms with Crippen LogP contribution in [0.2, 0.25) is 0 Å². The van der Waals surface area contributed by atoms with Gasteiger partial charge in [0.25, 0.3) is 5.91 Å². The van der Waals surface area contributed by atoms with E-state index in [1.54, 1.807) is 21.0 Å². The minimum Gasteiger partial charge on any atom is -0.433 e. The van der Waals surface area contributed by atoms with Gasteiger partial charge < -0.3 is 15.0 Å². The van der Waals surface area contributed by atoms with Crippen molar-refractivity contribution in [2.45, 2.75) is 13.5 Å². The Bertz CT molecular complexity index is 410. The molecule has 7 heteroatoms. The molecule has 0 fully saturated rings. The topological polar surface area (TPSA) is 41.6 Å². The lowest BCUT2D eigenvalue weighted by atomic mass is 10.3. The first-order valence-electron chi connectivity index (χ1n) is 5.41. The molecule has 1 amide bonds. The minimum atomic E-state index is -2.92. The van der Waals surface area contributed by atoms with Crippen LogP contribution in [0.1, 0.15) is 14.5 Å². The average molecular weight is 278 g/mol. The fourth-order valence-corrected chi connectivity index (χ4v) is 2.32. The van der Waals surface area contributed by atoms with Gasteiger partial charge in [0.15, 0.2) is 0 Å². The number of hydrogen-bond acceptors (Lipinski definition) is 4. The van der Waals surface area contributed by atoms with Gasteiger partial charge in [0.1, 0.15) is 10.6 Å². The molecule has 0 spiro atoms. The van der Waals surface area contributed by atoms with Crippen LogP contribution >= 0.6 is 11.3 Å². The molecule has 0 saturated heterocycles. The normalized spacial score (nSPS) is 10.8. The van der Waals surface area contributed by atoms with Crippen molar-refractivity contribution in [1.82, 2.24) is 10.2 Å². The van der Waals surface area contributed by atoms with Gasteiger partial charge in [-0.05, 0) is 20.0 Å². The third kappa shape index (κ3) is 3.92. The van der Waals surface area contributed by atoms with Crippen molar-refractivity contribution in [2.24, 2.45) is 0 Å². The quantitative estimate of drug-likeness (QED) is 0.864. The summed E-state index contributed by atoms with van der Waals surface area (Å²) in [4.78, 5) is 14.5. The number of amides is 1. The fraction of sp³-hybridized carbons (Fsp3) is 0.545. The lowest BCUT2D eigenvalue weighted by Crippen LogP contribution is -2.32. The van der Waals surface area contributed by atoms with Crippen LogP contribution in [0.25, 0.3) is 0 Å². The molecule has 1 N–H and O–H groups in total. The summed E-state index contributed by atoms with van der Waals surface area (Å²) in [5.41, 5.74) is 0. The highest BCUT2D eigenvalue weighted by Crippen LogP contribution is 2.31. The first-order chi connectivity index (χ1) is 8.45. The maximum atomic E-state index is 12.2. The lowest BCUT2D eigenvalue weighted by Gasteiger charge is -2.16. The van der Waals surface area contributed by atoms with Crippen molar-refractivity contribution in [3.8, 4) is 5.75 Å². The fourth-order valence-electron chi connectivity index (χ4n) is 1.38. The number of hydrogen-bond donors (Lipinski definition) is 1. The zero-order valence-electron chi connectivity index (χ0n) is 10.5. The number of halogens is 2. The number of alkyl halides is 2. The predicted molar refractivity (Wildman–Crippen MR) is 66.6 cm³/mol. The molecule has 102 valence electrons. The van der Waals surface area contributed by atoms with Crippen molar-refractivity contribution in [3.05, 3.63) is 15.8 Å². The van der Waals surface area contributed by atoms with Crippen LogP contribution in [0.15, 0.2) is 6.07 Å². The zero-order valence-corrected chi connectivity index (χ0v) is 11.3. The zero-order chi connectivity index (χ0) is 13.7. The number of ether oxygens (including phenoxy) is 1. The molecule has 1 aromatic rings. The number of nitrogens with one attached hydrogen (secondary N) is 1. The second kappa shape index (κ2) is 6.65. The molecule has 0 aliphatic heterocycles. The first-order valence-corrected chi connectivity index (χ1v) is 6.22. The van der Waals surface area contributed by atoms with E-state index in [1.807, 2.05) is 0 Å². The number of likely N-dealkylation sites (N-methyl/N-ethyl adjacent to an activating group) is 2. The molecule has 0 atom stereocenters. The van der Waals surface area contributed by atoms with Crippen molar-refractivity contribution >= 4 is 17.2 Å². The van der Waals surface area contributed by atoms with Crippen molar-refractivity contribution in [1.29, 1.82) is 0 Å². The highest BCUT2D eigenvalue weighted by molar-refractivity contribution is 7.14. The molecule has 18 heavy (non-hydrogen) atoms. The second-order valence-corrected chi connectivity index (χ2v) is 5.02. The van der Waals surface area contributed by atoms with Crippen LogP contribution in [0.3, 0.4) is 0 Å². The van der Waals surface area contributed by atoms with E-state index in [0.717, 1.165) is 16.2 Å².